The van der Waals surface area contributed by atoms with Crippen LogP contribution in [-0.2, 0) is 4.79 Å². The summed E-state index contributed by atoms with van der Waals surface area (Å²) in [5, 5.41) is 14.7. The average Bonchev–Trinajstić information content (AvgIpc) is 2.92. The van der Waals surface area contributed by atoms with Crippen molar-refractivity contribution < 1.29 is 10.0 Å². The van der Waals surface area contributed by atoms with E-state index in [4.69, 9.17) is 10.9 Å². The highest BCUT2D eigenvalue weighted by atomic mass is 79.9. The van der Waals surface area contributed by atoms with Crippen molar-refractivity contribution in [2.75, 3.05) is 5.32 Å². The summed E-state index contributed by atoms with van der Waals surface area (Å²) >= 11 is 3.36. The first kappa shape index (κ1) is 13.4. The van der Waals surface area contributed by atoms with Crippen LogP contribution in [0.5, 0.6) is 0 Å². The second-order valence-corrected chi connectivity index (χ2v) is 6.36. The Morgan fingerprint density at radius 1 is 1.40 bits per heavy atom. The Morgan fingerprint density at radius 3 is 2.75 bits per heavy atom. The Bertz CT molecular complexity index is 578. The summed E-state index contributed by atoms with van der Waals surface area (Å²) in [5.41, 5.74) is 6.73. The summed E-state index contributed by atoms with van der Waals surface area (Å²) in [5.74, 6) is 1.31. The summed E-state index contributed by atoms with van der Waals surface area (Å²) in [4.78, 5) is 12.3. The quantitative estimate of drug-likeness (QED) is 0.342. The second kappa shape index (κ2) is 5.09. The topological polar surface area (TPSA) is 87.7 Å². The molecule has 3 rings (SSSR count). The van der Waals surface area contributed by atoms with Crippen LogP contribution >= 0.6 is 15.9 Å². The van der Waals surface area contributed by atoms with Crippen molar-refractivity contribution >= 4 is 33.4 Å². The van der Waals surface area contributed by atoms with E-state index in [9.17, 15) is 4.79 Å². The van der Waals surface area contributed by atoms with Crippen molar-refractivity contribution in [2.45, 2.75) is 19.3 Å². The lowest BCUT2D eigenvalue weighted by atomic mass is 10.1. The first-order valence-corrected chi connectivity index (χ1v) is 7.49. The Labute approximate surface area is 125 Å². The molecule has 0 bridgehead atoms. The predicted molar refractivity (Wildman–Crippen MR) is 79.6 cm³/mol. The third-order valence-corrected chi connectivity index (χ3v) is 4.83. The third-order valence-electron chi connectivity index (χ3n) is 4.33. The fourth-order valence-corrected chi connectivity index (χ4v) is 3.68. The van der Waals surface area contributed by atoms with Crippen LogP contribution < -0.4 is 11.1 Å². The molecule has 2 aliphatic rings. The molecule has 2 unspecified atom stereocenters. The minimum Gasteiger partial charge on any atom is -0.409 e. The highest BCUT2D eigenvalue weighted by Crippen LogP contribution is 2.57. The Morgan fingerprint density at radius 2 is 2.10 bits per heavy atom. The molecule has 6 heteroatoms. The first-order chi connectivity index (χ1) is 9.61. The first-order valence-electron chi connectivity index (χ1n) is 6.70. The van der Waals surface area contributed by atoms with E-state index in [2.05, 4.69) is 26.4 Å². The van der Waals surface area contributed by atoms with Gasteiger partial charge in [-0.3, -0.25) is 4.79 Å². The van der Waals surface area contributed by atoms with Crippen LogP contribution in [0.4, 0.5) is 5.69 Å². The molecule has 5 nitrogen and oxygen atoms in total. The van der Waals surface area contributed by atoms with E-state index >= 15 is 0 Å². The molecule has 4 N–H and O–H groups in total. The van der Waals surface area contributed by atoms with Gasteiger partial charge in [0.15, 0.2) is 5.84 Å². The number of oxime groups is 1. The molecule has 1 aromatic carbocycles. The Balaban J connectivity index is 1.79. The Kier molecular flexibility index (Phi) is 3.41. The van der Waals surface area contributed by atoms with Gasteiger partial charge in [0.2, 0.25) is 5.91 Å². The van der Waals surface area contributed by atoms with Gasteiger partial charge in [-0.2, -0.15) is 0 Å². The highest BCUT2D eigenvalue weighted by molar-refractivity contribution is 9.10. The number of benzene rings is 1. The van der Waals surface area contributed by atoms with Gasteiger partial charge < -0.3 is 16.3 Å². The van der Waals surface area contributed by atoms with Crippen molar-refractivity contribution in [3.8, 4) is 0 Å². The largest absolute Gasteiger partial charge is 0.409 e. The second-order valence-electron chi connectivity index (χ2n) is 5.45. The Hall–Kier alpha value is -1.56. The minimum atomic E-state index is -0.0104. The average molecular weight is 338 g/mol. The van der Waals surface area contributed by atoms with Gasteiger partial charge in [-0.1, -0.05) is 27.5 Å². The van der Waals surface area contributed by atoms with Gasteiger partial charge >= 0.3 is 0 Å². The van der Waals surface area contributed by atoms with Crippen molar-refractivity contribution in [3.63, 3.8) is 0 Å². The summed E-state index contributed by atoms with van der Waals surface area (Å²) in [6, 6.07) is 5.26. The van der Waals surface area contributed by atoms with Crippen LogP contribution in [-0.4, -0.2) is 17.0 Å². The number of nitrogens with two attached hydrogens (primary N) is 1. The molecule has 2 aliphatic carbocycles. The number of anilines is 1. The van der Waals surface area contributed by atoms with E-state index < -0.39 is 0 Å². The molecule has 0 spiro atoms. The number of halogens is 1. The molecule has 0 aromatic heterocycles. The molecule has 0 heterocycles. The number of amidine groups is 1. The molecule has 2 atom stereocenters. The van der Waals surface area contributed by atoms with Crippen LogP contribution in [0.15, 0.2) is 27.8 Å². The zero-order chi connectivity index (χ0) is 14.3. The van der Waals surface area contributed by atoms with E-state index in [-0.39, 0.29) is 17.7 Å². The molecule has 2 saturated carbocycles. The van der Waals surface area contributed by atoms with Gasteiger partial charge in [0, 0.05) is 16.0 Å². The van der Waals surface area contributed by atoms with Gasteiger partial charge in [-0.25, -0.2) is 0 Å². The summed E-state index contributed by atoms with van der Waals surface area (Å²) < 4.78 is 0.832. The lowest BCUT2D eigenvalue weighted by Crippen LogP contribution is -2.21. The van der Waals surface area contributed by atoms with Gasteiger partial charge in [0.05, 0.1) is 5.69 Å². The van der Waals surface area contributed by atoms with Gasteiger partial charge in [0.1, 0.15) is 0 Å². The van der Waals surface area contributed by atoms with Crippen LogP contribution in [0.2, 0.25) is 0 Å². The molecule has 20 heavy (non-hydrogen) atoms. The number of amides is 1. The zero-order valence-electron chi connectivity index (χ0n) is 10.8. The van der Waals surface area contributed by atoms with E-state index in [0.717, 1.165) is 17.3 Å². The fourth-order valence-electron chi connectivity index (χ4n) is 3.32. The SMILES string of the molecule is N/C(=N/O)c1ccc(Br)cc1NC(=O)C1C2CCCC21. The normalized spacial score (nSPS) is 28.1. The van der Waals surface area contributed by atoms with Crippen LogP contribution in [0.3, 0.4) is 0 Å². The highest BCUT2D eigenvalue weighted by Gasteiger charge is 2.56. The van der Waals surface area contributed by atoms with E-state index in [1.54, 1.807) is 18.2 Å². The number of nitrogens with one attached hydrogen (secondary N) is 1. The number of fused-ring (bicyclic) bond motifs is 1. The number of carbonyl (C=O) groups excluding carboxylic acids is 1. The molecular weight excluding hydrogens is 322 g/mol. The summed E-state index contributed by atoms with van der Waals surface area (Å²) in [6.45, 7) is 0. The maximum absolute atomic E-state index is 12.3. The molecular formula is C14H16BrN3O2. The molecule has 0 saturated heterocycles. The van der Waals surface area contributed by atoms with Crippen molar-refractivity contribution in [3.05, 3.63) is 28.2 Å². The van der Waals surface area contributed by atoms with Crippen LogP contribution in [0, 0.1) is 17.8 Å². The molecule has 2 fully saturated rings. The number of hydrogen-bond donors (Lipinski definition) is 3. The summed E-state index contributed by atoms with van der Waals surface area (Å²) in [6.07, 6.45) is 3.56. The lowest BCUT2D eigenvalue weighted by molar-refractivity contribution is -0.118. The van der Waals surface area contributed by atoms with Crippen LogP contribution in [0.25, 0.3) is 0 Å². The maximum atomic E-state index is 12.3. The van der Waals surface area contributed by atoms with Crippen LogP contribution in [0.1, 0.15) is 24.8 Å². The van der Waals surface area contributed by atoms with Gasteiger partial charge in [-0.05, 0) is 42.9 Å². The van der Waals surface area contributed by atoms with E-state index in [0.29, 0.717) is 23.1 Å². The molecule has 106 valence electrons. The molecule has 0 radical (unpaired) electrons. The van der Waals surface area contributed by atoms with Crippen molar-refractivity contribution in [1.29, 1.82) is 0 Å². The maximum Gasteiger partial charge on any atom is 0.228 e. The standard InChI is InChI=1S/C14H16BrN3O2/c15-7-4-5-10(13(16)18-20)11(6-7)17-14(19)12-8-2-1-3-9(8)12/h4-6,8-9,12,20H,1-3H2,(H2,16,18)(H,17,19). The smallest absolute Gasteiger partial charge is 0.228 e. The molecule has 1 amide bonds. The van der Waals surface area contributed by atoms with Crippen molar-refractivity contribution in [1.82, 2.24) is 0 Å². The number of hydrogen-bond acceptors (Lipinski definition) is 3. The monoisotopic (exact) mass is 337 g/mol. The van der Waals surface area contributed by atoms with E-state index in [1.807, 2.05) is 0 Å². The minimum absolute atomic E-state index is 0.0104. The third kappa shape index (κ3) is 2.28. The van der Waals surface area contributed by atoms with Gasteiger partial charge in [-0.15, -0.1) is 0 Å². The zero-order valence-corrected chi connectivity index (χ0v) is 12.4. The lowest BCUT2D eigenvalue weighted by Gasteiger charge is -2.11. The number of nitrogens with zero attached hydrogens (tertiary/aromatic N) is 1. The fraction of sp³-hybridized carbons (Fsp3) is 0.429. The molecule has 1 aromatic rings. The van der Waals surface area contributed by atoms with Gasteiger partial charge in [0.25, 0.3) is 0 Å². The number of rotatable bonds is 3. The number of carbonyl (C=O) groups is 1. The summed E-state index contributed by atoms with van der Waals surface area (Å²) in [7, 11) is 0. The molecule has 0 aliphatic heterocycles. The predicted octanol–water partition coefficient (Wildman–Crippen LogP) is 2.53. The van der Waals surface area contributed by atoms with Crippen molar-refractivity contribution in [2.24, 2.45) is 28.6 Å². The van der Waals surface area contributed by atoms with E-state index in [1.165, 1.54) is 6.42 Å².